The first-order chi connectivity index (χ1) is 12.4. The van der Waals surface area contributed by atoms with Gasteiger partial charge in [-0.2, -0.15) is 11.8 Å². The van der Waals surface area contributed by atoms with Crippen LogP contribution in [0.15, 0.2) is 60.7 Å². The summed E-state index contributed by atoms with van der Waals surface area (Å²) in [5.41, 5.74) is 2.79. The first kappa shape index (κ1) is 17.1. The number of thioether (sulfide) groups is 1. The average molecular weight is 353 g/mol. The van der Waals surface area contributed by atoms with E-state index >= 15 is 0 Å². The van der Waals surface area contributed by atoms with Gasteiger partial charge >= 0.3 is 0 Å². The minimum atomic E-state index is 0.677. The quantitative estimate of drug-likeness (QED) is 0.808. The minimum Gasteiger partial charge on any atom is -0.309 e. The Morgan fingerprint density at radius 2 is 1.08 bits per heavy atom. The molecule has 2 N–H and O–H groups in total. The molecule has 0 aliphatic carbocycles. The summed E-state index contributed by atoms with van der Waals surface area (Å²) < 4.78 is 0. The highest BCUT2D eigenvalue weighted by Crippen LogP contribution is 2.41. The second-order valence-electron chi connectivity index (χ2n) is 7.31. The molecule has 2 nitrogen and oxygen atoms in total. The molecular weight excluding hydrogens is 324 g/mol. The lowest BCUT2D eigenvalue weighted by molar-refractivity contribution is 0.330. The maximum absolute atomic E-state index is 3.82. The van der Waals surface area contributed by atoms with Crippen LogP contribution in [0.1, 0.15) is 36.8 Å². The van der Waals surface area contributed by atoms with Crippen molar-refractivity contribution in [1.29, 1.82) is 0 Å². The number of nitrogens with one attached hydrogen (secondary N) is 2. The molecule has 4 atom stereocenters. The molecule has 2 aromatic carbocycles. The summed E-state index contributed by atoms with van der Waals surface area (Å²) in [6.07, 6.45) is 5.30. The van der Waals surface area contributed by atoms with Gasteiger partial charge in [0.2, 0.25) is 0 Å². The van der Waals surface area contributed by atoms with Crippen LogP contribution in [-0.2, 0) is 13.1 Å². The second-order valence-corrected chi connectivity index (χ2v) is 8.80. The molecule has 2 saturated heterocycles. The van der Waals surface area contributed by atoms with Crippen molar-refractivity contribution < 1.29 is 0 Å². The number of fused-ring (bicyclic) bond motifs is 2. The molecule has 132 valence electrons. The Kier molecular flexibility index (Phi) is 5.75. The molecule has 2 aliphatic rings. The van der Waals surface area contributed by atoms with Crippen molar-refractivity contribution in [1.82, 2.24) is 10.6 Å². The van der Waals surface area contributed by atoms with Crippen LogP contribution in [0.25, 0.3) is 0 Å². The molecule has 2 aromatic rings. The summed E-state index contributed by atoms with van der Waals surface area (Å²) in [6, 6.07) is 22.9. The van der Waals surface area contributed by atoms with Crippen molar-refractivity contribution >= 4 is 11.8 Å². The first-order valence-electron chi connectivity index (χ1n) is 9.58. The van der Waals surface area contributed by atoms with Gasteiger partial charge in [-0.25, -0.2) is 0 Å². The van der Waals surface area contributed by atoms with Crippen molar-refractivity contribution in [3.8, 4) is 0 Å². The zero-order valence-electron chi connectivity index (χ0n) is 14.7. The molecule has 4 rings (SSSR count). The van der Waals surface area contributed by atoms with Crippen LogP contribution in [-0.4, -0.2) is 22.6 Å². The van der Waals surface area contributed by atoms with Crippen LogP contribution in [0.2, 0.25) is 0 Å². The van der Waals surface area contributed by atoms with Gasteiger partial charge in [-0.3, -0.25) is 0 Å². The summed E-state index contributed by atoms with van der Waals surface area (Å²) >= 11 is 2.23. The summed E-state index contributed by atoms with van der Waals surface area (Å²) in [5.74, 6) is 0. The van der Waals surface area contributed by atoms with Gasteiger partial charge in [0, 0.05) is 35.7 Å². The number of rotatable bonds is 6. The second kappa shape index (κ2) is 8.39. The Hall–Kier alpha value is -1.29. The minimum absolute atomic E-state index is 0.677. The van der Waals surface area contributed by atoms with Crippen molar-refractivity contribution in [2.24, 2.45) is 0 Å². The van der Waals surface area contributed by atoms with E-state index in [1.54, 1.807) is 0 Å². The molecule has 0 radical (unpaired) electrons. The van der Waals surface area contributed by atoms with Crippen molar-refractivity contribution in [3.63, 3.8) is 0 Å². The van der Waals surface area contributed by atoms with Gasteiger partial charge in [0.25, 0.3) is 0 Å². The maximum atomic E-state index is 3.82. The molecule has 0 amide bonds. The number of hydrogen-bond donors (Lipinski definition) is 2. The third-order valence-corrected chi connectivity index (χ3v) is 7.42. The normalized spacial score (nSPS) is 28.6. The Labute approximate surface area is 155 Å². The molecule has 2 fully saturated rings. The Morgan fingerprint density at radius 3 is 1.52 bits per heavy atom. The van der Waals surface area contributed by atoms with Crippen LogP contribution in [0.5, 0.6) is 0 Å². The SMILES string of the molecule is c1ccc(CN[C@H]2CC[C@H]3S[C@H]2CC[C@@H]3NCc2ccccc2)cc1. The third kappa shape index (κ3) is 4.46. The van der Waals surface area contributed by atoms with E-state index in [1.165, 1.54) is 36.8 Å². The number of hydrogen-bond acceptors (Lipinski definition) is 3. The lowest BCUT2D eigenvalue weighted by atomic mass is 9.91. The lowest BCUT2D eigenvalue weighted by Gasteiger charge is -2.44. The molecule has 0 saturated carbocycles. The zero-order valence-corrected chi connectivity index (χ0v) is 15.6. The van der Waals surface area contributed by atoms with Gasteiger partial charge in [-0.15, -0.1) is 0 Å². The van der Waals surface area contributed by atoms with E-state index in [0.717, 1.165) is 23.6 Å². The van der Waals surface area contributed by atoms with Gasteiger partial charge in [0.05, 0.1) is 0 Å². The van der Waals surface area contributed by atoms with Gasteiger partial charge in [-0.05, 0) is 36.8 Å². The highest BCUT2D eigenvalue weighted by atomic mass is 32.2. The van der Waals surface area contributed by atoms with Gasteiger partial charge < -0.3 is 10.6 Å². The standard InChI is InChI=1S/C22H28N2S/c1-3-7-17(8-4-1)15-23-19-11-13-22-20(12-14-21(19)25-22)24-16-18-9-5-2-6-10-18/h1-10,19-24H,11-16H2/t19-,20-,21-,22+/m0/s1. The van der Waals surface area contributed by atoms with Gasteiger partial charge in [0.15, 0.2) is 0 Å². The van der Waals surface area contributed by atoms with E-state index in [4.69, 9.17) is 0 Å². The molecule has 0 spiro atoms. The van der Waals surface area contributed by atoms with Gasteiger partial charge in [-0.1, -0.05) is 60.7 Å². The summed E-state index contributed by atoms with van der Waals surface area (Å²) in [4.78, 5) is 0. The van der Waals surface area contributed by atoms with E-state index in [1.807, 2.05) is 0 Å². The third-order valence-electron chi connectivity index (χ3n) is 5.59. The van der Waals surface area contributed by atoms with E-state index in [2.05, 4.69) is 83.1 Å². The maximum Gasteiger partial charge on any atom is 0.0208 e. The monoisotopic (exact) mass is 352 g/mol. The molecule has 25 heavy (non-hydrogen) atoms. The predicted molar refractivity (Wildman–Crippen MR) is 108 cm³/mol. The molecule has 0 unspecified atom stereocenters. The van der Waals surface area contributed by atoms with Gasteiger partial charge in [0.1, 0.15) is 0 Å². The van der Waals surface area contributed by atoms with E-state index in [0.29, 0.717) is 12.1 Å². The molecule has 2 bridgehead atoms. The zero-order chi connectivity index (χ0) is 16.9. The average Bonchev–Trinajstić information content (AvgIpc) is 2.68. The van der Waals surface area contributed by atoms with Crippen molar-refractivity contribution in [3.05, 3.63) is 71.8 Å². The molecule has 3 heteroatoms. The highest BCUT2D eigenvalue weighted by Gasteiger charge is 2.38. The Morgan fingerprint density at radius 1 is 0.640 bits per heavy atom. The Bertz CT molecular complexity index is 588. The van der Waals surface area contributed by atoms with Crippen molar-refractivity contribution in [2.75, 3.05) is 0 Å². The highest BCUT2D eigenvalue weighted by molar-refractivity contribution is 8.00. The fraction of sp³-hybridized carbons (Fsp3) is 0.455. The smallest absolute Gasteiger partial charge is 0.0208 e. The summed E-state index contributed by atoms with van der Waals surface area (Å²) in [6.45, 7) is 2.01. The molecule has 2 heterocycles. The number of benzene rings is 2. The largest absolute Gasteiger partial charge is 0.309 e. The first-order valence-corrected chi connectivity index (χ1v) is 10.5. The molecular formula is C22H28N2S. The van der Waals surface area contributed by atoms with E-state index < -0.39 is 0 Å². The molecule has 0 aromatic heterocycles. The van der Waals surface area contributed by atoms with Crippen LogP contribution < -0.4 is 10.6 Å². The van der Waals surface area contributed by atoms with Crippen LogP contribution in [0.3, 0.4) is 0 Å². The fourth-order valence-electron chi connectivity index (χ4n) is 4.17. The Balaban J connectivity index is 1.26. The van der Waals surface area contributed by atoms with Crippen LogP contribution in [0, 0.1) is 0 Å². The molecule has 2 aliphatic heterocycles. The van der Waals surface area contributed by atoms with E-state index in [9.17, 15) is 0 Å². The van der Waals surface area contributed by atoms with Crippen molar-refractivity contribution in [2.45, 2.75) is 61.4 Å². The summed E-state index contributed by atoms with van der Waals surface area (Å²) in [5, 5.41) is 9.23. The van der Waals surface area contributed by atoms with Crippen LogP contribution >= 0.6 is 11.8 Å². The fourth-order valence-corrected chi connectivity index (χ4v) is 6.01. The topological polar surface area (TPSA) is 24.1 Å². The van der Waals surface area contributed by atoms with E-state index in [-0.39, 0.29) is 0 Å². The lowest BCUT2D eigenvalue weighted by Crippen LogP contribution is -2.51. The predicted octanol–water partition coefficient (Wildman–Crippen LogP) is 4.36. The van der Waals surface area contributed by atoms with Crippen LogP contribution in [0.4, 0.5) is 0 Å². The summed E-state index contributed by atoms with van der Waals surface area (Å²) in [7, 11) is 0.